The molecular formula is C19H20N2O2S3. The summed E-state index contributed by atoms with van der Waals surface area (Å²) in [6.07, 6.45) is 0. The number of hydrogen-bond donors (Lipinski definition) is 1. The standard InChI is InChI=1S/C19H20N2O2S3/c1-19(2,3)20-17(22)12-9-24-10-21(12)18(23)15-8-14-16(26-15)11-6-4-5-7-13(11)25-14/h4-8,12H,9-10H2,1-3H3,(H,20,22). The summed E-state index contributed by atoms with van der Waals surface area (Å²) >= 11 is 4.88. The van der Waals surface area contributed by atoms with Crippen LogP contribution in [0.1, 0.15) is 30.4 Å². The quantitative estimate of drug-likeness (QED) is 0.682. The number of thioether (sulfide) groups is 1. The molecule has 1 atom stereocenters. The van der Waals surface area contributed by atoms with Crippen LogP contribution in [0.2, 0.25) is 0 Å². The summed E-state index contributed by atoms with van der Waals surface area (Å²) in [4.78, 5) is 28.1. The highest BCUT2D eigenvalue weighted by molar-refractivity contribution is 7.99. The van der Waals surface area contributed by atoms with E-state index in [2.05, 4.69) is 17.4 Å². The van der Waals surface area contributed by atoms with Crippen molar-refractivity contribution in [1.82, 2.24) is 10.2 Å². The second kappa shape index (κ2) is 6.55. The number of nitrogens with zero attached hydrogens (tertiary/aromatic N) is 1. The average Bonchev–Trinajstić information content (AvgIpc) is 3.26. The fourth-order valence-electron chi connectivity index (χ4n) is 3.06. The molecule has 2 amide bonds. The van der Waals surface area contributed by atoms with E-state index in [1.807, 2.05) is 39.0 Å². The summed E-state index contributed by atoms with van der Waals surface area (Å²) in [5.74, 6) is 1.10. The van der Waals surface area contributed by atoms with Gasteiger partial charge in [0.15, 0.2) is 0 Å². The zero-order valence-electron chi connectivity index (χ0n) is 14.9. The Labute approximate surface area is 164 Å². The third kappa shape index (κ3) is 3.23. The lowest BCUT2D eigenvalue weighted by Crippen LogP contribution is -2.52. The highest BCUT2D eigenvalue weighted by atomic mass is 32.2. The first-order chi connectivity index (χ1) is 12.3. The number of benzene rings is 1. The second-order valence-corrected chi connectivity index (χ2v) is 10.6. The zero-order valence-corrected chi connectivity index (χ0v) is 17.3. The minimum atomic E-state index is -0.399. The Morgan fingerprint density at radius 1 is 1.15 bits per heavy atom. The zero-order chi connectivity index (χ0) is 18.5. The van der Waals surface area contributed by atoms with Crippen molar-refractivity contribution in [3.63, 3.8) is 0 Å². The molecule has 3 aromatic rings. The number of carbonyl (C=O) groups excluding carboxylic acids is 2. The van der Waals surface area contributed by atoms with Gasteiger partial charge in [0.1, 0.15) is 6.04 Å². The highest BCUT2D eigenvalue weighted by Crippen LogP contribution is 2.40. The molecule has 1 aliphatic heterocycles. The van der Waals surface area contributed by atoms with E-state index < -0.39 is 6.04 Å². The van der Waals surface area contributed by atoms with Crippen LogP contribution in [0.4, 0.5) is 0 Å². The number of rotatable bonds is 2. The van der Waals surface area contributed by atoms with Gasteiger partial charge in [-0.05, 0) is 32.9 Å². The van der Waals surface area contributed by atoms with Crippen LogP contribution in [0.25, 0.3) is 19.5 Å². The van der Waals surface area contributed by atoms with Gasteiger partial charge >= 0.3 is 0 Å². The molecule has 4 rings (SSSR count). The van der Waals surface area contributed by atoms with Crippen molar-refractivity contribution in [2.45, 2.75) is 32.4 Å². The van der Waals surface area contributed by atoms with Gasteiger partial charge < -0.3 is 10.2 Å². The molecule has 0 saturated carbocycles. The van der Waals surface area contributed by atoms with E-state index in [1.165, 1.54) is 21.4 Å². The Kier molecular flexibility index (Phi) is 4.49. The Morgan fingerprint density at radius 2 is 1.92 bits per heavy atom. The van der Waals surface area contributed by atoms with Crippen molar-refractivity contribution in [1.29, 1.82) is 0 Å². The van der Waals surface area contributed by atoms with E-state index >= 15 is 0 Å². The van der Waals surface area contributed by atoms with Crippen molar-refractivity contribution in [2.24, 2.45) is 0 Å². The Bertz CT molecular complexity index is 999. The van der Waals surface area contributed by atoms with Crippen LogP contribution in [0, 0.1) is 0 Å². The summed E-state index contributed by atoms with van der Waals surface area (Å²) in [5.41, 5.74) is -0.302. The van der Waals surface area contributed by atoms with Crippen LogP contribution >= 0.6 is 34.4 Å². The molecule has 1 aliphatic rings. The van der Waals surface area contributed by atoms with Gasteiger partial charge in [0.05, 0.1) is 15.5 Å². The average molecular weight is 405 g/mol. The normalized spacial score (nSPS) is 18.0. The molecule has 136 valence electrons. The van der Waals surface area contributed by atoms with Gasteiger partial charge in [0.2, 0.25) is 5.91 Å². The third-order valence-electron chi connectivity index (χ3n) is 4.20. The number of fused-ring (bicyclic) bond motifs is 3. The number of carbonyl (C=O) groups is 2. The van der Waals surface area contributed by atoms with Gasteiger partial charge in [-0.1, -0.05) is 18.2 Å². The van der Waals surface area contributed by atoms with Crippen molar-refractivity contribution >= 4 is 65.7 Å². The van der Waals surface area contributed by atoms with E-state index in [1.54, 1.807) is 28.0 Å². The maximum absolute atomic E-state index is 13.1. The first kappa shape index (κ1) is 17.8. The minimum absolute atomic E-state index is 0.0402. The first-order valence-corrected chi connectivity index (χ1v) is 11.2. The summed E-state index contributed by atoms with van der Waals surface area (Å²) in [5, 5.41) is 4.21. The van der Waals surface area contributed by atoms with Crippen LogP contribution in [-0.2, 0) is 4.79 Å². The Balaban J connectivity index is 1.62. The minimum Gasteiger partial charge on any atom is -0.350 e. The van der Waals surface area contributed by atoms with E-state index in [0.29, 0.717) is 16.5 Å². The maximum atomic E-state index is 13.1. The summed E-state index contributed by atoms with van der Waals surface area (Å²) < 4.78 is 3.55. The molecule has 0 spiro atoms. The molecule has 2 aromatic heterocycles. The molecule has 1 N–H and O–H groups in total. The molecule has 1 fully saturated rings. The summed E-state index contributed by atoms with van der Waals surface area (Å²) in [6.45, 7) is 5.87. The van der Waals surface area contributed by atoms with E-state index in [9.17, 15) is 9.59 Å². The van der Waals surface area contributed by atoms with E-state index in [0.717, 1.165) is 9.40 Å². The van der Waals surface area contributed by atoms with Crippen molar-refractivity contribution in [3.8, 4) is 0 Å². The number of nitrogens with one attached hydrogen (secondary N) is 1. The fourth-order valence-corrected chi connectivity index (χ4v) is 6.69. The molecule has 3 heterocycles. The molecule has 26 heavy (non-hydrogen) atoms. The molecule has 0 bridgehead atoms. The maximum Gasteiger partial charge on any atom is 0.265 e. The Morgan fingerprint density at radius 3 is 2.69 bits per heavy atom. The van der Waals surface area contributed by atoms with Crippen LogP contribution < -0.4 is 5.32 Å². The number of hydrogen-bond acceptors (Lipinski definition) is 5. The largest absolute Gasteiger partial charge is 0.350 e. The lowest BCUT2D eigenvalue weighted by molar-refractivity contribution is -0.125. The van der Waals surface area contributed by atoms with E-state index in [4.69, 9.17) is 0 Å². The van der Waals surface area contributed by atoms with Crippen LogP contribution in [0.15, 0.2) is 30.3 Å². The van der Waals surface area contributed by atoms with Gasteiger partial charge in [0.25, 0.3) is 5.91 Å². The topological polar surface area (TPSA) is 49.4 Å². The van der Waals surface area contributed by atoms with Crippen LogP contribution in [0.3, 0.4) is 0 Å². The summed E-state index contributed by atoms with van der Waals surface area (Å²) in [6, 6.07) is 9.86. The number of thiophene rings is 2. The molecule has 7 heteroatoms. The Hall–Kier alpha value is -1.57. The van der Waals surface area contributed by atoms with Crippen LogP contribution in [0.5, 0.6) is 0 Å². The fraction of sp³-hybridized carbons (Fsp3) is 0.368. The van der Waals surface area contributed by atoms with Gasteiger partial charge in [-0.25, -0.2) is 0 Å². The predicted molar refractivity (Wildman–Crippen MR) is 112 cm³/mol. The molecule has 0 radical (unpaired) electrons. The predicted octanol–water partition coefficient (Wildman–Crippen LogP) is 4.55. The van der Waals surface area contributed by atoms with Gasteiger partial charge in [0, 0.05) is 26.1 Å². The lowest BCUT2D eigenvalue weighted by atomic mass is 10.1. The molecule has 1 aromatic carbocycles. The lowest BCUT2D eigenvalue weighted by Gasteiger charge is -2.27. The smallest absolute Gasteiger partial charge is 0.265 e. The first-order valence-electron chi connectivity index (χ1n) is 8.45. The van der Waals surface area contributed by atoms with Gasteiger partial charge in [-0.3, -0.25) is 9.59 Å². The molecule has 0 aliphatic carbocycles. The van der Waals surface area contributed by atoms with Crippen molar-refractivity contribution in [2.75, 3.05) is 11.6 Å². The SMILES string of the molecule is CC(C)(C)NC(=O)C1CSCN1C(=O)c1cc2sc3ccccc3c2s1. The van der Waals surface area contributed by atoms with Crippen molar-refractivity contribution < 1.29 is 9.59 Å². The van der Waals surface area contributed by atoms with Gasteiger partial charge in [-0.15, -0.1) is 34.4 Å². The highest BCUT2D eigenvalue weighted by Gasteiger charge is 2.37. The monoisotopic (exact) mass is 404 g/mol. The third-order valence-corrected chi connectivity index (χ3v) is 7.62. The molecule has 1 unspecified atom stereocenters. The molecular weight excluding hydrogens is 384 g/mol. The summed E-state index contributed by atoms with van der Waals surface area (Å²) in [7, 11) is 0. The molecule has 4 nitrogen and oxygen atoms in total. The van der Waals surface area contributed by atoms with Crippen molar-refractivity contribution in [3.05, 3.63) is 35.2 Å². The number of amides is 2. The van der Waals surface area contributed by atoms with Crippen LogP contribution in [-0.4, -0.2) is 39.9 Å². The second-order valence-electron chi connectivity index (χ2n) is 7.43. The molecule has 1 saturated heterocycles. The van der Waals surface area contributed by atoms with E-state index in [-0.39, 0.29) is 17.4 Å². The van der Waals surface area contributed by atoms with Gasteiger partial charge in [-0.2, -0.15) is 0 Å².